The van der Waals surface area contributed by atoms with Gasteiger partial charge in [0.1, 0.15) is 6.61 Å². The minimum absolute atomic E-state index is 0.0963. The minimum atomic E-state index is -1.32. The van der Waals surface area contributed by atoms with E-state index in [4.69, 9.17) is 14.2 Å². The van der Waals surface area contributed by atoms with E-state index < -0.39 is 12.3 Å². The van der Waals surface area contributed by atoms with Crippen molar-refractivity contribution in [1.82, 2.24) is 0 Å². The molecule has 0 radical (unpaired) electrons. The van der Waals surface area contributed by atoms with Crippen LogP contribution in [-0.2, 0) is 19.0 Å². The van der Waals surface area contributed by atoms with E-state index in [-0.39, 0.29) is 12.2 Å². The number of carbonyl (C=O) groups excluding carboxylic acids is 1. The Morgan fingerprint density at radius 3 is 2.55 bits per heavy atom. The molecule has 0 aliphatic carbocycles. The first-order valence-electron chi connectivity index (χ1n) is 6.44. The first-order chi connectivity index (χ1) is 9.65. The number of ether oxygens (including phenoxy) is 3. The van der Waals surface area contributed by atoms with Crippen LogP contribution in [0.25, 0.3) is 5.57 Å². The number of aliphatic hydroxyl groups excluding tert-OH is 1. The molecule has 0 spiro atoms. The van der Waals surface area contributed by atoms with E-state index in [0.717, 1.165) is 0 Å². The predicted octanol–water partition coefficient (Wildman–Crippen LogP) is 1.61. The summed E-state index contributed by atoms with van der Waals surface area (Å²) in [7, 11) is 0. The molecule has 0 aliphatic heterocycles. The number of hydrogen-bond acceptors (Lipinski definition) is 5. The largest absolute Gasteiger partial charge is 0.430 e. The zero-order valence-electron chi connectivity index (χ0n) is 11.6. The van der Waals surface area contributed by atoms with E-state index in [1.54, 1.807) is 24.3 Å². The molecule has 1 N–H and O–H groups in total. The zero-order chi connectivity index (χ0) is 14.8. The van der Waals surface area contributed by atoms with E-state index in [9.17, 15) is 9.90 Å². The maximum Gasteiger partial charge on any atom is 0.340 e. The maximum absolute atomic E-state index is 11.7. The van der Waals surface area contributed by atoms with Crippen LogP contribution in [0.3, 0.4) is 0 Å². The normalized spacial score (nSPS) is 11.9. The lowest BCUT2D eigenvalue weighted by molar-refractivity contribution is -0.170. The second kappa shape index (κ2) is 9.25. The van der Waals surface area contributed by atoms with Crippen LogP contribution in [0.2, 0.25) is 0 Å². The van der Waals surface area contributed by atoms with E-state index in [0.29, 0.717) is 25.4 Å². The molecular weight excluding hydrogens is 260 g/mol. The lowest BCUT2D eigenvalue weighted by Crippen LogP contribution is -2.24. The fraction of sp³-hybridized carbons (Fsp3) is 0.400. The van der Waals surface area contributed by atoms with E-state index in [1.807, 2.05) is 13.0 Å². The summed E-state index contributed by atoms with van der Waals surface area (Å²) >= 11 is 0. The van der Waals surface area contributed by atoms with Crippen molar-refractivity contribution >= 4 is 11.5 Å². The Bertz CT molecular complexity index is 416. The Hall–Kier alpha value is -1.69. The van der Waals surface area contributed by atoms with E-state index in [1.165, 1.54) is 0 Å². The molecule has 1 atom stereocenters. The number of rotatable bonds is 9. The number of hydrogen-bond donors (Lipinski definition) is 1. The van der Waals surface area contributed by atoms with Crippen LogP contribution in [0.4, 0.5) is 0 Å². The van der Waals surface area contributed by atoms with Crippen LogP contribution in [0.5, 0.6) is 0 Å². The van der Waals surface area contributed by atoms with E-state index >= 15 is 0 Å². The van der Waals surface area contributed by atoms with Gasteiger partial charge in [-0.1, -0.05) is 36.9 Å². The lowest BCUT2D eigenvalue weighted by atomic mass is 10.1. The smallest absolute Gasteiger partial charge is 0.340 e. The van der Waals surface area contributed by atoms with Crippen molar-refractivity contribution in [1.29, 1.82) is 0 Å². The summed E-state index contributed by atoms with van der Waals surface area (Å²) in [6.07, 6.45) is -1.32. The van der Waals surface area contributed by atoms with Crippen LogP contribution in [-0.4, -0.2) is 43.8 Å². The molecule has 1 unspecified atom stereocenters. The molecular formula is C15H20O5. The highest BCUT2D eigenvalue weighted by Gasteiger charge is 2.15. The Labute approximate surface area is 118 Å². The van der Waals surface area contributed by atoms with Crippen molar-refractivity contribution < 1.29 is 24.1 Å². The zero-order valence-corrected chi connectivity index (χ0v) is 11.6. The molecule has 0 saturated carbocycles. The van der Waals surface area contributed by atoms with Gasteiger partial charge in [-0.05, 0) is 12.5 Å². The summed E-state index contributed by atoms with van der Waals surface area (Å²) in [5, 5.41) is 9.52. The van der Waals surface area contributed by atoms with Crippen molar-refractivity contribution in [3.8, 4) is 0 Å². The minimum Gasteiger partial charge on any atom is -0.430 e. The third-order valence-corrected chi connectivity index (χ3v) is 2.45. The summed E-state index contributed by atoms with van der Waals surface area (Å²) in [5.41, 5.74) is 0.848. The number of carbonyl (C=O) groups is 1. The summed E-state index contributed by atoms with van der Waals surface area (Å²) < 4.78 is 15.0. The van der Waals surface area contributed by atoms with Crippen LogP contribution in [0.1, 0.15) is 12.5 Å². The average Bonchev–Trinajstić information content (AvgIpc) is 2.47. The average molecular weight is 280 g/mol. The van der Waals surface area contributed by atoms with Crippen molar-refractivity contribution in [3.63, 3.8) is 0 Å². The molecule has 0 aliphatic rings. The second-order valence-electron chi connectivity index (χ2n) is 3.98. The molecule has 20 heavy (non-hydrogen) atoms. The molecule has 5 heteroatoms. The van der Waals surface area contributed by atoms with Crippen molar-refractivity contribution in [3.05, 3.63) is 42.5 Å². The van der Waals surface area contributed by atoms with Gasteiger partial charge in [0.05, 0.1) is 18.8 Å². The molecule has 0 saturated heterocycles. The summed E-state index contributed by atoms with van der Waals surface area (Å²) in [4.78, 5) is 11.7. The molecule has 1 aromatic carbocycles. The van der Waals surface area contributed by atoms with Gasteiger partial charge in [-0.15, -0.1) is 0 Å². The molecule has 0 bridgehead atoms. The lowest BCUT2D eigenvalue weighted by Gasteiger charge is -2.13. The number of benzene rings is 1. The Kier molecular flexibility index (Phi) is 7.57. The molecule has 0 amide bonds. The van der Waals surface area contributed by atoms with Gasteiger partial charge in [-0.3, -0.25) is 0 Å². The van der Waals surface area contributed by atoms with Gasteiger partial charge in [0.2, 0.25) is 6.29 Å². The molecule has 5 nitrogen and oxygen atoms in total. The Morgan fingerprint density at radius 2 is 1.90 bits per heavy atom. The topological polar surface area (TPSA) is 65.0 Å². The third-order valence-electron chi connectivity index (χ3n) is 2.45. The van der Waals surface area contributed by atoms with Crippen molar-refractivity contribution in [2.75, 3.05) is 26.4 Å². The van der Waals surface area contributed by atoms with Gasteiger partial charge in [0.25, 0.3) is 0 Å². The van der Waals surface area contributed by atoms with Gasteiger partial charge < -0.3 is 19.3 Å². The van der Waals surface area contributed by atoms with Gasteiger partial charge in [-0.2, -0.15) is 0 Å². The number of aliphatic hydroxyl groups is 1. The highest BCUT2D eigenvalue weighted by molar-refractivity contribution is 6.15. The molecule has 110 valence electrons. The Balaban J connectivity index is 2.29. The highest BCUT2D eigenvalue weighted by atomic mass is 16.7. The molecule has 1 aromatic rings. The van der Waals surface area contributed by atoms with Crippen LogP contribution >= 0.6 is 0 Å². The van der Waals surface area contributed by atoms with Gasteiger partial charge in [0, 0.05) is 6.61 Å². The van der Waals surface area contributed by atoms with Crippen LogP contribution in [0.15, 0.2) is 36.9 Å². The standard InChI is InChI=1S/C15H20O5/c1-3-18-9-10-19-11-14(16)20-15(17)12(2)13-7-5-4-6-8-13/h4-8,14,16H,2-3,9-11H2,1H3. The third kappa shape index (κ3) is 5.97. The quantitative estimate of drug-likeness (QED) is 0.322. The van der Waals surface area contributed by atoms with Crippen molar-refractivity contribution in [2.45, 2.75) is 13.2 Å². The molecule has 0 fully saturated rings. The molecule has 1 rings (SSSR count). The SMILES string of the molecule is C=C(C(=O)OC(O)COCCOCC)c1ccccc1. The van der Waals surface area contributed by atoms with Crippen molar-refractivity contribution in [2.24, 2.45) is 0 Å². The first kappa shape index (κ1) is 16.4. The van der Waals surface area contributed by atoms with Gasteiger partial charge in [0.15, 0.2) is 0 Å². The molecule has 0 aromatic heterocycles. The summed E-state index contributed by atoms with van der Waals surface area (Å²) in [5.74, 6) is -0.669. The van der Waals surface area contributed by atoms with Crippen LogP contribution < -0.4 is 0 Å². The highest BCUT2D eigenvalue weighted by Crippen LogP contribution is 2.13. The number of esters is 1. The molecule has 0 heterocycles. The summed E-state index contributed by atoms with van der Waals surface area (Å²) in [6.45, 7) is 6.82. The summed E-state index contributed by atoms with van der Waals surface area (Å²) in [6, 6.07) is 8.91. The van der Waals surface area contributed by atoms with Gasteiger partial charge >= 0.3 is 5.97 Å². The van der Waals surface area contributed by atoms with Crippen LogP contribution in [0, 0.1) is 0 Å². The monoisotopic (exact) mass is 280 g/mol. The first-order valence-corrected chi connectivity index (χ1v) is 6.44. The maximum atomic E-state index is 11.7. The predicted molar refractivity (Wildman–Crippen MR) is 74.9 cm³/mol. The second-order valence-corrected chi connectivity index (χ2v) is 3.98. The van der Waals surface area contributed by atoms with Gasteiger partial charge in [-0.25, -0.2) is 4.79 Å². The van der Waals surface area contributed by atoms with E-state index in [2.05, 4.69) is 6.58 Å². The Morgan fingerprint density at radius 1 is 1.25 bits per heavy atom. The fourth-order valence-electron chi connectivity index (χ4n) is 1.43. The fourth-order valence-corrected chi connectivity index (χ4v) is 1.43.